The van der Waals surface area contributed by atoms with Crippen LogP contribution in [0.15, 0.2) is 12.1 Å². The lowest BCUT2D eigenvalue weighted by Gasteiger charge is -2.09. The Labute approximate surface area is 110 Å². The van der Waals surface area contributed by atoms with Crippen molar-refractivity contribution in [3.05, 3.63) is 33.4 Å². The molecule has 19 heavy (non-hydrogen) atoms. The van der Waals surface area contributed by atoms with Crippen LogP contribution in [0.1, 0.15) is 11.1 Å². The highest BCUT2D eigenvalue weighted by Gasteiger charge is 2.23. The van der Waals surface area contributed by atoms with E-state index >= 15 is 0 Å². The normalized spacial score (nSPS) is 10.5. The second kappa shape index (κ2) is 6.28. The molecule has 1 rings (SSSR count). The molecule has 0 fully saturated rings. The minimum Gasteiger partial charge on any atom is -0.481 e. The Hall–Kier alpha value is -1.96. The van der Waals surface area contributed by atoms with Crippen molar-refractivity contribution in [3.8, 4) is 5.75 Å². The quantitative estimate of drug-likeness (QED) is 0.495. The first-order valence-electron chi connectivity index (χ1n) is 4.88. The molecule has 0 aliphatic carbocycles. The number of halogens is 3. The zero-order valence-electron chi connectivity index (χ0n) is 9.31. The topological polar surface area (TPSA) is 89.7 Å². The third kappa shape index (κ3) is 4.02. The monoisotopic (exact) mass is 295 g/mol. The second-order valence-electron chi connectivity index (χ2n) is 3.43. The third-order valence-corrected chi connectivity index (χ3v) is 2.42. The SMILES string of the molecule is O=C(O)Cc1cc(OC(F)F)cc(CCl)c1[N+](=O)[O-]. The Morgan fingerprint density at radius 1 is 1.47 bits per heavy atom. The molecule has 0 aromatic heterocycles. The van der Waals surface area contributed by atoms with Crippen LogP contribution in [-0.2, 0) is 17.1 Å². The maximum absolute atomic E-state index is 12.1. The maximum atomic E-state index is 12.1. The van der Waals surface area contributed by atoms with Gasteiger partial charge in [-0.3, -0.25) is 14.9 Å². The van der Waals surface area contributed by atoms with E-state index in [-0.39, 0.29) is 22.8 Å². The van der Waals surface area contributed by atoms with Gasteiger partial charge in [0.25, 0.3) is 5.69 Å². The van der Waals surface area contributed by atoms with Crippen molar-refractivity contribution in [1.82, 2.24) is 0 Å². The molecule has 1 aromatic carbocycles. The standard InChI is InChI=1S/C10H8ClF2NO5/c11-4-6-2-7(19-10(12)13)1-5(3-8(15)16)9(6)14(17)18/h1-2,10H,3-4H2,(H,15,16). The summed E-state index contributed by atoms with van der Waals surface area (Å²) in [6.07, 6.45) is -0.694. The van der Waals surface area contributed by atoms with Crippen molar-refractivity contribution >= 4 is 23.3 Å². The highest BCUT2D eigenvalue weighted by molar-refractivity contribution is 6.17. The van der Waals surface area contributed by atoms with Gasteiger partial charge < -0.3 is 9.84 Å². The minimum atomic E-state index is -3.12. The third-order valence-electron chi connectivity index (χ3n) is 2.13. The number of benzene rings is 1. The first-order chi connectivity index (χ1) is 8.85. The fourth-order valence-electron chi connectivity index (χ4n) is 1.53. The number of hydrogen-bond acceptors (Lipinski definition) is 4. The molecule has 0 saturated carbocycles. The van der Waals surface area contributed by atoms with Crippen LogP contribution >= 0.6 is 11.6 Å². The zero-order chi connectivity index (χ0) is 14.6. The van der Waals surface area contributed by atoms with Gasteiger partial charge in [-0.25, -0.2) is 0 Å². The molecule has 0 aliphatic heterocycles. The number of carbonyl (C=O) groups is 1. The summed E-state index contributed by atoms with van der Waals surface area (Å²) < 4.78 is 28.3. The van der Waals surface area contributed by atoms with Crippen molar-refractivity contribution in [3.63, 3.8) is 0 Å². The largest absolute Gasteiger partial charge is 0.481 e. The smallest absolute Gasteiger partial charge is 0.387 e. The molecule has 0 aliphatic rings. The second-order valence-corrected chi connectivity index (χ2v) is 3.70. The van der Waals surface area contributed by atoms with Gasteiger partial charge in [-0.2, -0.15) is 8.78 Å². The van der Waals surface area contributed by atoms with Gasteiger partial charge in [0, 0.05) is 11.1 Å². The van der Waals surface area contributed by atoms with E-state index in [9.17, 15) is 23.7 Å². The van der Waals surface area contributed by atoms with Crippen LogP contribution in [0.25, 0.3) is 0 Å². The Kier molecular flexibility index (Phi) is 4.99. The number of nitro benzene ring substituents is 1. The molecule has 0 radical (unpaired) electrons. The average Bonchev–Trinajstić information content (AvgIpc) is 2.25. The minimum absolute atomic E-state index is 0.0823. The molecule has 6 nitrogen and oxygen atoms in total. The van der Waals surface area contributed by atoms with Gasteiger partial charge in [0.2, 0.25) is 0 Å². The lowest BCUT2D eigenvalue weighted by molar-refractivity contribution is -0.386. The van der Waals surface area contributed by atoms with E-state index in [4.69, 9.17) is 16.7 Å². The maximum Gasteiger partial charge on any atom is 0.387 e. The van der Waals surface area contributed by atoms with Crippen LogP contribution in [0, 0.1) is 10.1 Å². The summed E-state index contributed by atoms with van der Waals surface area (Å²) in [5.41, 5.74) is -0.827. The fraction of sp³-hybridized carbons (Fsp3) is 0.300. The molecule has 9 heteroatoms. The van der Waals surface area contributed by atoms with Crippen molar-refractivity contribution in [2.75, 3.05) is 0 Å². The number of aliphatic carboxylic acids is 1. The molecular formula is C10H8ClF2NO5. The summed E-state index contributed by atoms with van der Waals surface area (Å²) >= 11 is 5.50. The Balaban J connectivity index is 3.35. The lowest BCUT2D eigenvalue weighted by atomic mass is 10.0. The van der Waals surface area contributed by atoms with Gasteiger partial charge in [-0.05, 0) is 12.1 Å². The summed E-state index contributed by atoms with van der Waals surface area (Å²) in [7, 11) is 0. The highest BCUT2D eigenvalue weighted by atomic mass is 35.5. The first kappa shape index (κ1) is 15.1. The fourth-order valence-corrected chi connectivity index (χ4v) is 1.74. The molecule has 104 valence electrons. The number of nitro groups is 1. The molecule has 1 N–H and O–H groups in total. The molecule has 0 heterocycles. The number of alkyl halides is 3. The molecule has 0 amide bonds. The van der Waals surface area contributed by atoms with Gasteiger partial charge >= 0.3 is 12.6 Å². The molecule has 0 unspecified atom stereocenters. The number of hydrogen-bond donors (Lipinski definition) is 1. The Morgan fingerprint density at radius 3 is 2.47 bits per heavy atom. The van der Waals surface area contributed by atoms with E-state index in [1.54, 1.807) is 0 Å². The molecule has 0 saturated heterocycles. The van der Waals surface area contributed by atoms with E-state index in [0.29, 0.717) is 0 Å². The van der Waals surface area contributed by atoms with E-state index in [1.807, 2.05) is 0 Å². The predicted molar refractivity (Wildman–Crippen MR) is 60.6 cm³/mol. The van der Waals surface area contributed by atoms with Crippen molar-refractivity contribution in [2.24, 2.45) is 0 Å². The summed E-state index contributed by atoms with van der Waals surface area (Å²) in [6.45, 7) is -3.12. The van der Waals surface area contributed by atoms with E-state index in [2.05, 4.69) is 4.74 Å². The van der Waals surface area contributed by atoms with E-state index < -0.39 is 29.6 Å². The molecule has 1 aromatic rings. The Bertz CT molecular complexity index is 509. The van der Waals surface area contributed by atoms with Crippen molar-refractivity contribution in [1.29, 1.82) is 0 Å². The number of carboxylic acids is 1. The molecular weight excluding hydrogens is 288 g/mol. The van der Waals surface area contributed by atoms with Crippen LogP contribution < -0.4 is 4.74 Å². The Morgan fingerprint density at radius 2 is 2.05 bits per heavy atom. The van der Waals surface area contributed by atoms with Gasteiger partial charge in [0.15, 0.2) is 0 Å². The molecule has 0 atom stereocenters. The summed E-state index contributed by atoms with van der Waals surface area (Å²) in [4.78, 5) is 20.7. The van der Waals surface area contributed by atoms with Gasteiger partial charge in [-0.15, -0.1) is 11.6 Å². The number of nitrogens with zero attached hydrogens (tertiary/aromatic N) is 1. The van der Waals surface area contributed by atoms with E-state index in [1.165, 1.54) is 0 Å². The van der Waals surface area contributed by atoms with E-state index in [0.717, 1.165) is 12.1 Å². The number of ether oxygens (including phenoxy) is 1. The van der Waals surface area contributed by atoms with Crippen LogP contribution in [0.5, 0.6) is 5.75 Å². The number of rotatable bonds is 6. The van der Waals surface area contributed by atoms with Gasteiger partial charge in [-0.1, -0.05) is 0 Å². The van der Waals surface area contributed by atoms with Gasteiger partial charge in [0.1, 0.15) is 5.75 Å². The average molecular weight is 296 g/mol. The van der Waals surface area contributed by atoms with Crippen LogP contribution in [0.4, 0.5) is 14.5 Å². The van der Waals surface area contributed by atoms with Crippen LogP contribution in [0.2, 0.25) is 0 Å². The lowest BCUT2D eigenvalue weighted by Crippen LogP contribution is -2.08. The van der Waals surface area contributed by atoms with Gasteiger partial charge in [0.05, 0.1) is 17.2 Å². The van der Waals surface area contributed by atoms with Crippen molar-refractivity contribution in [2.45, 2.75) is 18.9 Å². The summed E-state index contributed by atoms with van der Waals surface area (Å²) in [5, 5.41) is 19.5. The predicted octanol–water partition coefficient (Wildman–Crippen LogP) is 2.56. The summed E-state index contributed by atoms with van der Waals surface area (Å²) in [6, 6.07) is 1.89. The summed E-state index contributed by atoms with van der Waals surface area (Å²) in [5.74, 6) is -2.03. The zero-order valence-corrected chi connectivity index (χ0v) is 10.1. The van der Waals surface area contributed by atoms with Crippen LogP contribution in [-0.4, -0.2) is 22.6 Å². The number of carboxylic acid groups (broad SMARTS) is 1. The molecule has 0 spiro atoms. The highest BCUT2D eigenvalue weighted by Crippen LogP contribution is 2.31. The van der Waals surface area contributed by atoms with Crippen LogP contribution in [0.3, 0.4) is 0 Å². The van der Waals surface area contributed by atoms with Crippen molar-refractivity contribution < 1.29 is 28.3 Å². The first-order valence-corrected chi connectivity index (χ1v) is 5.41. The molecule has 0 bridgehead atoms.